The van der Waals surface area contributed by atoms with E-state index in [9.17, 15) is 9.90 Å². The van der Waals surface area contributed by atoms with Crippen molar-refractivity contribution in [2.45, 2.75) is 44.8 Å². The summed E-state index contributed by atoms with van der Waals surface area (Å²) in [6.07, 6.45) is 1.56. The van der Waals surface area contributed by atoms with Gasteiger partial charge in [0.1, 0.15) is 17.5 Å². The fourth-order valence-corrected chi connectivity index (χ4v) is 4.27. The number of ether oxygens (including phenoxy) is 1. The summed E-state index contributed by atoms with van der Waals surface area (Å²) in [5, 5.41) is 11.9. The molecule has 0 aromatic heterocycles. The zero-order valence-corrected chi connectivity index (χ0v) is 16.7. The second kappa shape index (κ2) is 6.66. The zero-order chi connectivity index (χ0) is 19.3. The Morgan fingerprint density at radius 3 is 2.56 bits per heavy atom. The van der Waals surface area contributed by atoms with Crippen LogP contribution in [0, 0.1) is 0 Å². The lowest BCUT2D eigenvalue weighted by molar-refractivity contribution is -0.130. The first-order chi connectivity index (χ1) is 12.8. The third-order valence-corrected chi connectivity index (χ3v) is 6.31. The van der Waals surface area contributed by atoms with E-state index in [0.29, 0.717) is 28.5 Å². The fraction of sp³-hybridized carbons (Fsp3) is 0.318. The van der Waals surface area contributed by atoms with Gasteiger partial charge in [-0.15, -0.1) is 0 Å². The van der Waals surface area contributed by atoms with E-state index in [1.165, 1.54) is 0 Å². The number of ketones is 1. The monoisotopic (exact) mass is 402 g/mol. The molecule has 2 aromatic carbocycles. The topological polar surface area (TPSA) is 46.5 Å². The molecule has 5 heteroatoms. The standard InChI is InChI=1S/C22H20Cl2O3/c1-3-12-4-5-13(14-6-7-16(23)17(24)11-14)10-15(12)19-20(25)18-8-9-22(2,27-18)21(19)26/h4-7,10-11,18,26H,3,8-9H2,1-2H3/t18-,22+/m0/s1. The molecule has 2 atom stereocenters. The molecule has 4 rings (SSSR count). The number of carbonyl (C=O) groups is 1. The van der Waals surface area contributed by atoms with Crippen molar-refractivity contribution in [3.8, 4) is 11.1 Å². The van der Waals surface area contributed by atoms with Crippen molar-refractivity contribution in [3.05, 3.63) is 63.3 Å². The van der Waals surface area contributed by atoms with Crippen molar-refractivity contribution in [2.24, 2.45) is 0 Å². The number of fused-ring (bicyclic) bond motifs is 2. The molecule has 1 fully saturated rings. The number of aliphatic hydroxyl groups is 1. The van der Waals surface area contributed by atoms with Crippen LogP contribution in [0.3, 0.4) is 0 Å². The molecule has 0 spiro atoms. The lowest BCUT2D eigenvalue weighted by Gasteiger charge is -2.31. The number of hydrogen-bond donors (Lipinski definition) is 1. The van der Waals surface area contributed by atoms with Crippen LogP contribution in [-0.2, 0) is 16.0 Å². The van der Waals surface area contributed by atoms with Crippen molar-refractivity contribution in [1.82, 2.24) is 0 Å². The van der Waals surface area contributed by atoms with E-state index in [1.807, 2.05) is 38.1 Å². The molecule has 3 nitrogen and oxygen atoms in total. The Kier molecular flexibility index (Phi) is 4.58. The predicted molar refractivity (Wildman–Crippen MR) is 108 cm³/mol. The summed E-state index contributed by atoms with van der Waals surface area (Å²) < 4.78 is 5.79. The summed E-state index contributed by atoms with van der Waals surface area (Å²) in [6.45, 7) is 3.89. The van der Waals surface area contributed by atoms with Crippen molar-refractivity contribution in [3.63, 3.8) is 0 Å². The first-order valence-corrected chi connectivity index (χ1v) is 9.84. The van der Waals surface area contributed by atoms with E-state index in [-0.39, 0.29) is 11.5 Å². The molecular weight excluding hydrogens is 383 g/mol. The van der Waals surface area contributed by atoms with E-state index in [2.05, 4.69) is 0 Å². The minimum atomic E-state index is -0.779. The molecule has 2 aromatic rings. The van der Waals surface area contributed by atoms with Gasteiger partial charge >= 0.3 is 0 Å². The predicted octanol–water partition coefficient (Wildman–Crippen LogP) is 6.01. The van der Waals surface area contributed by atoms with E-state index in [1.54, 1.807) is 12.1 Å². The smallest absolute Gasteiger partial charge is 0.195 e. The highest BCUT2D eigenvalue weighted by molar-refractivity contribution is 6.42. The molecule has 2 aliphatic heterocycles. The molecule has 0 amide bonds. The molecular formula is C22H20Cl2O3. The van der Waals surface area contributed by atoms with Crippen LogP contribution < -0.4 is 0 Å². The second-order valence-corrected chi connectivity index (χ2v) is 8.13. The third-order valence-electron chi connectivity index (χ3n) is 5.58. The molecule has 2 heterocycles. The van der Waals surface area contributed by atoms with Crippen molar-refractivity contribution >= 4 is 34.6 Å². The van der Waals surface area contributed by atoms with Gasteiger partial charge in [-0.05, 0) is 66.6 Å². The van der Waals surface area contributed by atoms with Gasteiger partial charge in [0.15, 0.2) is 5.78 Å². The molecule has 0 unspecified atom stereocenters. The van der Waals surface area contributed by atoms with Crippen LogP contribution in [0.2, 0.25) is 10.0 Å². The molecule has 0 saturated carbocycles. The van der Waals surface area contributed by atoms with Gasteiger partial charge in [-0.3, -0.25) is 4.79 Å². The quantitative estimate of drug-likeness (QED) is 0.683. The van der Waals surface area contributed by atoms with Crippen LogP contribution in [0.5, 0.6) is 0 Å². The number of benzene rings is 2. The summed E-state index contributed by atoms with van der Waals surface area (Å²) >= 11 is 12.2. The molecule has 0 radical (unpaired) electrons. The molecule has 0 aliphatic carbocycles. The largest absolute Gasteiger partial charge is 0.508 e. The summed E-state index contributed by atoms with van der Waals surface area (Å²) in [5.41, 5.74) is 3.21. The third kappa shape index (κ3) is 2.98. The summed E-state index contributed by atoms with van der Waals surface area (Å²) in [4.78, 5) is 13.0. The average Bonchev–Trinajstić information content (AvgIpc) is 3.03. The Balaban J connectivity index is 1.89. The van der Waals surface area contributed by atoms with Gasteiger partial charge in [0.2, 0.25) is 0 Å². The normalized spacial score (nSPS) is 24.6. The van der Waals surface area contributed by atoms with Gasteiger partial charge in [-0.2, -0.15) is 0 Å². The Hall–Kier alpha value is -1.81. The maximum atomic E-state index is 13.0. The Bertz CT molecular complexity index is 980. The van der Waals surface area contributed by atoms with E-state index in [4.69, 9.17) is 27.9 Å². The minimum absolute atomic E-state index is 0.0437. The maximum Gasteiger partial charge on any atom is 0.195 e. The molecule has 1 saturated heterocycles. The van der Waals surface area contributed by atoms with Crippen molar-refractivity contribution in [1.29, 1.82) is 0 Å². The van der Waals surface area contributed by atoms with Gasteiger partial charge in [-0.1, -0.05) is 48.3 Å². The SMILES string of the molecule is CCc1ccc(-c2ccc(Cl)c(Cl)c2)cc1C1=C(O)[C@@]2(C)CC[C@H](O2)C1=O. The van der Waals surface area contributed by atoms with Gasteiger partial charge in [-0.25, -0.2) is 0 Å². The van der Waals surface area contributed by atoms with Crippen LogP contribution in [0.25, 0.3) is 16.7 Å². The van der Waals surface area contributed by atoms with Crippen LogP contribution in [-0.4, -0.2) is 22.6 Å². The van der Waals surface area contributed by atoms with Crippen LogP contribution in [0.15, 0.2) is 42.2 Å². The second-order valence-electron chi connectivity index (χ2n) is 7.32. The number of halogens is 2. The first kappa shape index (κ1) is 18.5. The highest BCUT2D eigenvalue weighted by Crippen LogP contribution is 2.45. The number of hydrogen-bond acceptors (Lipinski definition) is 3. The highest BCUT2D eigenvalue weighted by Gasteiger charge is 2.50. The van der Waals surface area contributed by atoms with E-state index < -0.39 is 11.7 Å². The summed E-state index contributed by atoms with van der Waals surface area (Å²) in [7, 11) is 0. The number of rotatable bonds is 3. The fourth-order valence-electron chi connectivity index (χ4n) is 3.97. The van der Waals surface area contributed by atoms with E-state index in [0.717, 1.165) is 28.7 Å². The van der Waals surface area contributed by atoms with Gasteiger partial charge in [0.25, 0.3) is 0 Å². The Morgan fingerprint density at radius 1 is 1.15 bits per heavy atom. The van der Waals surface area contributed by atoms with Crippen molar-refractivity contribution < 1.29 is 14.6 Å². The molecule has 2 bridgehead atoms. The molecule has 27 heavy (non-hydrogen) atoms. The average molecular weight is 403 g/mol. The van der Waals surface area contributed by atoms with Gasteiger partial charge < -0.3 is 9.84 Å². The van der Waals surface area contributed by atoms with E-state index >= 15 is 0 Å². The zero-order valence-electron chi connectivity index (χ0n) is 15.2. The molecule has 1 N–H and O–H groups in total. The highest BCUT2D eigenvalue weighted by atomic mass is 35.5. The summed E-state index contributed by atoms with van der Waals surface area (Å²) in [6, 6.07) is 11.4. The van der Waals surface area contributed by atoms with Crippen LogP contribution >= 0.6 is 23.2 Å². The molecule has 2 aliphatic rings. The maximum absolute atomic E-state index is 13.0. The Labute approximate surface area is 168 Å². The van der Waals surface area contributed by atoms with Crippen LogP contribution in [0.4, 0.5) is 0 Å². The summed E-state index contributed by atoms with van der Waals surface area (Å²) in [5.74, 6) is -0.0919. The minimum Gasteiger partial charge on any atom is -0.508 e. The first-order valence-electron chi connectivity index (χ1n) is 9.08. The van der Waals surface area contributed by atoms with Gasteiger partial charge in [0.05, 0.1) is 15.6 Å². The lowest BCUT2D eigenvalue weighted by atomic mass is 9.86. The van der Waals surface area contributed by atoms with Crippen molar-refractivity contribution in [2.75, 3.05) is 0 Å². The number of carbonyl (C=O) groups excluding carboxylic acids is 1. The number of aryl methyl sites for hydroxylation is 1. The molecule has 140 valence electrons. The number of Topliss-reactive ketones (excluding diaryl/α,β-unsaturated/α-hetero) is 1. The Morgan fingerprint density at radius 2 is 1.85 bits per heavy atom. The van der Waals surface area contributed by atoms with Gasteiger partial charge in [0, 0.05) is 0 Å². The number of aliphatic hydroxyl groups excluding tert-OH is 1. The lowest BCUT2D eigenvalue weighted by Crippen LogP contribution is -2.37. The van der Waals surface area contributed by atoms with Crippen LogP contribution in [0.1, 0.15) is 37.8 Å².